The molecule has 2 aliphatic rings. The van der Waals surface area contributed by atoms with Gasteiger partial charge in [0.25, 0.3) is 0 Å². The topological polar surface area (TPSA) is 41.6 Å². The molecule has 0 aromatic heterocycles. The van der Waals surface area contributed by atoms with Crippen LogP contribution >= 0.6 is 0 Å². The first-order chi connectivity index (χ1) is 9.66. The van der Waals surface area contributed by atoms with Crippen LogP contribution in [0.5, 0.6) is 0 Å². The fraction of sp³-hybridized carbons (Fsp3) is 0.938. The van der Waals surface area contributed by atoms with Gasteiger partial charge >= 0.3 is 0 Å². The van der Waals surface area contributed by atoms with Crippen molar-refractivity contribution in [3.8, 4) is 0 Å². The van der Waals surface area contributed by atoms with Gasteiger partial charge in [-0.15, -0.1) is 0 Å². The first-order valence-corrected chi connectivity index (χ1v) is 8.25. The van der Waals surface area contributed by atoms with E-state index in [1.807, 2.05) is 0 Å². The van der Waals surface area contributed by atoms with Crippen molar-refractivity contribution in [1.82, 2.24) is 10.2 Å². The average molecular weight is 282 g/mol. The van der Waals surface area contributed by atoms with Crippen LogP contribution in [0.3, 0.4) is 0 Å². The van der Waals surface area contributed by atoms with E-state index < -0.39 is 0 Å². The highest BCUT2D eigenvalue weighted by Crippen LogP contribution is 2.27. The molecule has 1 unspecified atom stereocenters. The maximum Gasteiger partial charge on any atom is 0.220 e. The van der Waals surface area contributed by atoms with E-state index in [1.54, 1.807) is 0 Å². The quantitative estimate of drug-likeness (QED) is 0.810. The number of nitrogens with zero attached hydrogens (tertiary/aromatic N) is 1. The smallest absolute Gasteiger partial charge is 0.220 e. The molecule has 1 amide bonds. The number of ether oxygens (including phenoxy) is 1. The van der Waals surface area contributed by atoms with E-state index in [-0.39, 0.29) is 5.91 Å². The van der Waals surface area contributed by atoms with Gasteiger partial charge in [-0.2, -0.15) is 0 Å². The Bertz CT molecular complexity index is 295. The van der Waals surface area contributed by atoms with Crippen molar-refractivity contribution >= 4 is 5.91 Å². The SMILES string of the molecule is CC(C)C(CNC(=O)CC1CCCC1)N1CCOCC1. The molecule has 1 aliphatic carbocycles. The number of hydrogen-bond donors (Lipinski definition) is 1. The van der Waals surface area contributed by atoms with Gasteiger partial charge in [-0.3, -0.25) is 9.69 Å². The Morgan fingerprint density at radius 1 is 1.25 bits per heavy atom. The normalized spacial score (nSPS) is 23.1. The zero-order valence-electron chi connectivity index (χ0n) is 13.1. The lowest BCUT2D eigenvalue weighted by Gasteiger charge is -2.37. The lowest BCUT2D eigenvalue weighted by Crippen LogP contribution is -2.51. The van der Waals surface area contributed by atoms with E-state index in [9.17, 15) is 4.79 Å². The maximum atomic E-state index is 12.1. The molecule has 0 bridgehead atoms. The van der Waals surface area contributed by atoms with Gasteiger partial charge in [0, 0.05) is 32.1 Å². The largest absolute Gasteiger partial charge is 0.379 e. The summed E-state index contributed by atoms with van der Waals surface area (Å²) in [5.41, 5.74) is 0. The summed E-state index contributed by atoms with van der Waals surface area (Å²) < 4.78 is 5.41. The summed E-state index contributed by atoms with van der Waals surface area (Å²) in [6.45, 7) is 8.87. The van der Waals surface area contributed by atoms with Crippen LogP contribution in [0.2, 0.25) is 0 Å². The van der Waals surface area contributed by atoms with Crippen molar-refractivity contribution in [3.63, 3.8) is 0 Å². The molecule has 2 rings (SSSR count). The minimum Gasteiger partial charge on any atom is -0.379 e. The molecule has 1 aliphatic heterocycles. The minimum absolute atomic E-state index is 0.246. The Balaban J connectivity index is 1.74. The standard InChI is InChI=1S/C16H30N2O2/c1-13(2)15(18-7-9-20-10-8-18)12-17-16(19)11-14-5-3-4-6-14/h13-15H,3-12H2,1-2H3,(H,17,19). The monoisotopic (exact) mass is 282 g/mol. The Kier molecular flexibility index (Phi) is 6.30. The van der Waals surface area contributed by atoms with Crippen LogP contribution in [0.1, 0.15) is 46.0 Å². The number of carbonyl (C=O) groups is 1. The predicted molar refractivity (Wildman–Crippen MR) is 80.6 cm³/mol. The van der Waals surface area contributed by atoms with Crippen LogP contribution in [0.25, 0.3) is 0 Å². The van der Waals surface area contributed by atoms with Crippen molar-refractivity contribution in [3.05, 3.63) is 0 Å². The molecule has 20 heavy (non-hydrogen) atoms. The number of amides is 1. The molecule has 1 saturated carbocycles. The van der Waals surface area contributed by atoms with E-state index in [2.05, 4.69) is 24.1 Å². The third kappa shape index (κ3) is 4.74. The van der Waals surface area contributed by atoms with Gasteiger partial charge in [0.2, 0.25) is 5.91 Å². The molecule has 4 heteroatoms. The Labute approximate surface area is 123 Å². The summed E-state index contributed by atoms with van der Waals surface area (Å²) in [5.74, 6) is 1.44. The highest BCUT2D eigenvalue weighted by atomic mass is 16.5. The molecular formula is C16H30N2O2. The second-order valence-electron chi connectivity index (χ2n) is 6.62. The van der Waals surface area contributed by atoms with Crippen LogP contribution in [0.4, 0.5) is 0 Å². The zero-order valence-corrected chi connectivity index (χ0v) is 13.1. The molecule has 0 radical (unpaired) electrons. The number of nitrogens with one attached hydrogen (secondary N) is 1. The van der Waals surface area contributed by atoms with Gasteiger partial charge in [0.15, 0.2) is 0 Å². The molecule has 116 valence electrons. The summed E-state index contributed by atoms with van der Waals surface area (Å²) >= 11 is 0. The molecule has 4 nitrogen and oxygen atoms in total. The molecule has 0 aromatic rings. The molecule has 2 fully saturated rings. The average Bonchev–Trinajstić information content (AvgIpc) is 2.92. The van der Waals surface area contributed by atoms with E-state index in [1.165, 1.54) is 25.7 Å². The number of hydrogen-bond acceptors (Lipinski definition) is 3. The van der Waals surface area contributed by atoms with Crippen molar-refractivity contribution in [2.75, 3.05) is 32.8 Å². The molecular weight excluding hydrogens is 252 g/mol. The zero-order chi connectivity index (χ0) is 14.4. The lowest BCUT2D eigenvalue weighted by atomic mass is 10.0. The minimum atomic E-state index is 0.246. The lowest BCUT2D eigenvalue weighted by molar-refractivity contribution is -0.122. The van der Waals surface area contributed by atoms with Crippen molar-refractivity contribution in [2.24, 2.45) is 11.8 Å². The van der Waals surface area contributed by atoms with E-state index in [4.69, 9.17) is 4.74 Å². The van der Waals surface area contributed by atoms with Gasteiger partial charge in [0.05, 0.1) is 13.2 Å². The summed E-state index contributed by atoms with van der Waals surface area (Å²) in [4.78, 5) is 14.5. The van der Waals surface area contributed by atoms with Crippen LogP contribution in [0, 0.1) is 11.8 Å². The van der Waals surface area contributed by atoms with Gasteiger partial charge < -0.3 is 10.1 Å². The second kappa shape index (κ2) is 7.99. The van der Waals surface area contributed by atoms with Gasteiger partial charge in [-0.25, -0.2) is 0 Å². The van der Waals surface area contributed by atoms with E-state index in [0.29, 0.717) is 17.9 Å². The van der Waals surface area contributed by atoms with E-state index in [0.717, 1.165) is 39.3 Å². The van der Waals surface area contributed by atoms with Gasteiger partial charge in [-0.1, -0.05) is 26.7 Å². The highest BCUT2D eigenvalue weighted by Gasteiger charge is 2.25. The summed E-state index contributed by atoms with van der Waals surface area (Å²) in [7, 11) is 0. The highest BCUT2D eigenvalue weighted by molar-refractivity contribution is 5.76. The third-order valence-electron chi connectivity index (χ3n) is 4.74. The number of rotatable bonds is 6. The van der Waals surface area contributed by atoms with Crippen LogP contribution in [-0.4, -0.2) is 49.7 Å². The first kappa shape index (κ1) is 15.8. The van der Waals surface area contributed by atoms with Crippen LogP contribution < -0.4 is 5.32 Å². The molecule has 1 atom stereocenters. The Morgan fingerprint density at radius 2 is 1.90 bits per heavy atom. The summed E-state index contributed by atoms with van der Waals surface area (Å²) in [6.07, 6.45) is 5.82. The summed E-state index contributed by atoms with van der Waals surface area (Å²) in [5, 5.41) is 3.17. The first-order valence-electron chi connectivity index (χ1n) is 8.25. The molecule has 0 spiro atoms. The van der Waals surface area contributed by atoms with Crippen molar-refractivity contribution < 1.29 is 9.53 Å². The maximum absolute atomic E-state index is 12.1. The number of morpholine rings is 1. The van der Waals surface area contributed by atoms with Gasteiger partial charge in [0.1, 0.15) is 0 Å². The summed E-state index contributed by atoms with van der Waals surface area (Å²) in [6, 6.07) is 0.437. The molecule has 1 N–H and O–H groups in total. The molecule has 1 heterocycles. The number of carbonyl (C=O) groups excluding carboxylic acids is 1. The fourth-order valence-electron chi connectivity index (χ4n) is 3.46. The van der Waals surface area contributed by atoms with Crippen molar-refractivity contribution in [2.45, 2.75) is 52.0 Å². The fourth-order valence-corrected chi connectivity index (χ4v) is 3.46. The van der Waals surface area contributed by atoms with Crippen molar-refractivity contribution in [1.29, 1.82) is 0 Å². The molecule has 0 aromatic carbocycles. The third-order valence-corrected chi connectivity index (χ3v) is 4.74. The van der Waals surface area contributed by atoms with Crippen LogP contribution in [-0.2, 0) is 9.53 Å². The Hall–Kier alpha value is -0.610. The van der Waals surface area contributed by atoms with Gasteiger partial charge in [-0.05, 0) is 24.7 Å². The van der Waals surface area contributed by atoms with Crippen LogP contribution in [0.15, 0.2) is 0 Å². The second-order valence-corrected chi connectivity index (χ2v) is 6.62. The Morgan fingerprint density at radius 3 is 2.50 bits per heavy atom. The van der Waals surface area contributed by atoms with E-state index >= 15 is 0 Å². The molecule has 1 saturated heterocycles. The predicted octanol–water partition coefficient (Wildman–Crippen LogP) is 2.04.